The van der Waals surface area contributed by atoms with Crippen molar-refractivity contribution in [1.82, 2.24) is 90.6 Å². The lowest BCUT2D eigenvalue weighted by atomic mass is 9.99. The van der Waals surface area contributed by atoms with Crippen molar-refractivity contribution in [3.63, 3.8) is 0 Å². The number of nitrogens with zero attached hydrogens (tertiary/aromatic N) is 12. The average molecular weight is 1760 g/mol. The van der Waals surface area contributed by atoms with E-state index < -0.39 is 11.6 Å². The molecule has 6 heterocycles. The minimum Gasteiger partial charge on any atom is -0.497 e. The first-order valence-corrected chi connectivity index (χ1v) is 44.8. The van der Waals surface area contributed by atoms with Crippen LogP contribution in [0.1, 0.15) is 183 Å². The van der Waals surface area contributed by atoms with Crippen molar-refractivity contribution in [2.45, 2.75) is 191 Å². The van der Waals surface area contributed by atoms with E-state index in [2.05, 4.69) is 199 Å². The first kappa shape index (κ1) is 103. The van der Waals surface area contributed by atoms with E-state index in [-0.39, 0.29) is 17.4 Å². The Morgan fingerprint density at radius 1 is 0.317 bits per heavy atom. The van der Waals surface area contributed by atoms with Crippen LogP contribution in [0.4, 0.5) is 17.6 Å². The zero-order chi connectivity index (χ0) is 91.5. The molecule has 0 aliphatic carbocycles. The number of halogens is 5. The summed E-state index contributed by atoms with van der Waals surface area (Å²) in [5.41, 5.74) is 21.8. The van der Waals surface area contributed by atoms with Crippen LogP contribution in [0.3, 0.4) is 0 Å². The largest absolute Gasteiger partial charge is 0.497 e. The van der Waals surface area contributed by atoms with E-state index in [0.717, 1.165) is 211 Å². The SMILES string of the molecule is CCCCN(C)Cc1cn[nH]c1-c1cc(Cl)ccc1CC.CCCCN(C)Cc1cn[nH]c1-c1cc(F)ccc1C.CCCCN(C)Cc1cn[nH]c1-c1ccc(F)c(F)c1.CCCCN(C)Cc1cn[nH]c1-c1ccc(OC)c(F)c1.CCCCN(C)Cc1cn[nH]c1-c1ccc(OC)cc1CC.CCCCN(C)Cc1cn[nH]c1-c1cccc(OC)c1OC. The van der Waals surface area contributed by atoms with Crippen LogP contribution in [0.5, 0.6) is 23.0 Å². The van der Waals surface area contributed by atoms with E-state index in [1.54, 1.807) is 58.0 Å². The topological polar surface area (TPSA) is 228 Å². The molecule has 27 heteroatoms. The molecule has 12 aromatic rings. The lowest BCUT2D eigenvalue weighted by Crippen LogP contribution is -2.19. The molecule has 12 rings (SSSR count). The molecule has 6 N–H and O–H groups in total. The highest BCUT2D eigenvalue weighted by atomic mass is 35.5. The molecule has 0 spiro atoms. The highest BCUT2D eigenvalue weighted by Crippen LogP contribution is 2.39. The second-order valence-electron chi connectivity index (χ2n) is 32.2. The summed E-state index contributed by atoms with van der Waals surface area (Å²) in [5.74, 6) is 0.339. The highest BCUT2D eigenvalue weighted by Gasteiger charge is 2.22. The monoisotopic (exact) mass is 1760 g/mol. The van der Waals surface area contributed by atoms with Gasteiger partial charge in [-0.25, -0.2) is 17.6 Å². The Morgan fingerprint density at radius 2 is 0.698 bits per heavy atom. The molecule has 0 unspecified atom stereocenters. The first-order valence-electron chi connectivity index (χ1n) is 44.4. The molecule has 0 atom stereocenters. The number of H-pyrrole nitrogens is 6. The Kier molecular flexibility index (Phi) is 45.0. The second kappa shape index (κ2) is 55.2. The van der Waals surface area contributed by atoms with Gasteiger partial charge in [-0.3, -0.25) is 30.6 Å². The van der Waals surface area contributed by atoms with Gasteiger partial charge in [0.05, 0.1) is 99.8 Å². The maximum absolute atomic E-state index is 13.8. The van der Waals surface area contributed by atoms with Crippen LogP contribution in [0.25, 0.3) is 67.5 Å². The van der Waals surface area contributed by atoms with Crippen molar-refractivity contribution in [3.8, 4) is 90.5 Å². The molecule has 126 heavy (non-hydrogen) atoms. The number of rotatable bonds is 42. The van der Waals surface area contributed by atoms with Crippen LogP contribution < -0.4 is 18.9 Å². The number of aromatic amines is 6. The number of hydrogen-bond donors (Lipinski definition) is 6. The summed E-state index contributed by atoms with van der Waals surface area (Å²) in [6.07, 6.45) is 27.4. The average Bonchev–Trinajstić information content (AvgIpc) is 1.63. The van der Waals surface area contributed by atoms with Crippen molar-refractivity contribution in [2.24, 2.45) is 0 Å². The number of methoxy groups -OCH3 is 4. The van der Waals surface area contributed by atoms with Crippen LogP contribution in [-0.2, 0) is 52.1 Å². The maximum atomic E-state index is 13.8. The third kappa shape index (κ3) is 31.8. The lowest BCUT2D eigenvalue weighted by Gasteiger charge is -2.17. The molecule has 6 aromatic carbocycles. The van der Waals surface area contributed by atoms with E-state index in [1.807, 2.05) is 81.2 Å². The van der Waals surface area contributed by atoms with Gasteiger partial charge in [-0.1, -0.05) is 124 Å². The van der Waals surface area contributed by atoms with Crippen molar-refractivity contribution < 1.29 is 36.5 Å². The Bertz CT molecular complexity index is 5100. The van der Waals surface area contributed by atoms with E-state index in [9.17, 15) is 17.6 Å². The molecule has 0 aliphatic rings. The molecule has 6 aromatic heterocycles. The molecule has 22 nitrogen and oxygen atoms in total. The maximum Gasteiger partial charge on any atom is 0.170 e. The molecule has 0 amide bonds. The number of para-hydroxylation sites is 1. The minimum absolute atomic E-state index is 0.217. The van der Waals surface area contributed by atoms with Gasteiger partial charge >= 0.3 is 0 Å². The van der Waals surface area contributed by atoms with Crippen molar-refractivity contribution in [2.75, 3.05) is 110 Å². The second-order valence-corrected chi connectivity index (χ2v) is 32.6. The Balaban J connectivity index is 0.000000208. The summed E-state index contributed by atoms with van der Waals surface area (Å²) >= 11 is 6.17. The first-order chi connectivity index (χ1) is 60.9. The van der Waals surface area contributed by atoms with Crippen LogP contribution in [0.15, 0.2) is 146 Å². The molecule has 0 fully saturated rings. The van der Waals surface area contributed by atoms with Crippen LogP contribution >= 0.6 is 11.6 Å². The molecular weight excluding hydrogens is 1620 g/mol. The number of nitrogens with one attached hydrogen (secondary N) is 6. The highest BCUT2D eigenvalue weighted by molar-refractivity contribution is 6.30. The van der Waals surface area contributed by atoms with E-state index >= 15 is 0 Å². The molecule has 0 aliphatic heterocycles. The van der Waals surface area contributed by atoms with Gasteiger partial charge in [-0.2, -0.15) is 30.6 Å². The summed E-state index contributed by atoms with van der Waals surface area (Å²) in [7, 11) is 19.2. The van der Waals surface area contributed by atoms with Gasteiger partial charge in [0.2, 0.25) is 0 Å². The van der Waals surface area contributed by atoms with Gasteiger partial charge in [0, 0.05) is 111 Å². The summed E-state index contributed by atoms with van der Waals surface area (Å²) in [6.45, 7) is 30.9. The minimum atomic E-state index is -0.845. The predicted molar refractivity (Wildman–Crippen MR) is 506 cm³/mol. The molecule has 0 saturated heterocycles. The lowest BCUT2D eigenvalue weighted by molar-refractivity contribution is 0.321. The summed E-state index contributed by atoms with van der Waals surface area (Å²) in [6, 6.07) is 31.9. The zero-order valence-electron chi connectivity index (χ0n) is 78.1. The summed E-state index contributed by atoms with van der Waals surface area (Å²) in [5, 5.41) is 44.0. The van der Waals surface area contributed by atoms with Crippen molar-refractivity contribution >= 4 is 11.6 Å². The van der Waals surface area contributed by atoms with Gasteiger partial charge in [0.1, 0.15) is 11.6 Å². The van der Waals surface area contributed by atoms with E-state index in [1.165, 1.54) is 123 Å². The third-order valence-corrected chi connectivity index (χ3v) is 22.0. The van der Waals surface area contributed by atoms with Gasteiger partial charge < -0.3 is 48.3 Å². The fourth-order valence-corrected chi connectivity index (χ4v) is 14.7. The smallest absolute Gasteiger partial charge is 0.170 e. The summed E-state index contributed by atoms with van der Waals surface area (Å²) in [4.78, 5) is 13.7. The zero-order valence-corrected chi connectivity index (χ0v) is 78.9. The molecular formula is C99H139ClF4N18O4. The third-order valence-electron chi connectivity index (χ3n) is 21.8. The number of benzene rings is 6. The number of aryl methyl sites for hydroxylation is 3. The Labute approximate surface area is 751 Å². The number of ether oxygens (including phenoxy) is 4. The van der Waals surface area contributed by atoms with Gasteiger partial charge in [-0.05, 0) is 248 Å². The van der Waals surface area contributed by atoms with Crippen LogP contribution in [-0.4, -0.2) is 201 Å². The van der Waals surface area contributed by atoms with Gasteiger partial charge in [-0.15, -0.1) is 0 Å². The molecule has 0 radical (unpaired) electrons. The predicted octanol–water partition coefficient (Wildman–Crippen LogP) is 22.5. The molecule has 0 bridgehead atoms. The number of hydrogen-bond acceptors (Lipinski definition) is 16. The number of aromatic nitrogens is 12. The van der Waals surface area contributed by atoms with Crippen LogP contribution in [0.2, 0.25) is 5.02 Å². The number of unbranched alkanes of at least 4 members (excludes halogenated alkanes) is 6. The summed E-state index contributed by atoms with van der Waals surface area (Å²) < 4.78 is 74.8. The quantitative estimate of drug-likeness (QED) is 0.0196. The fraction of sp³-hybridized carbons (Fsp3) is 0.455. The van der Waals surface area contributed by atoms with Gasteiger partial charge in [0.25, 0.3) is 0 Å². The standard InChI is InChI=1S/C18H27N3O.C17H24ClN3.C17H25N3O2.C16H22FN3O.C16H22FN3.C15H19F2N3/c1-5-7-10-21(3)13-15-12-19-20-18(15)17-9-8-16(22-4)11-14(17)6-2;1-4-6-9-21(3)12-14-11-19-20-17(14)16-10-15(18)8-7-13(16)5-2;1-5-6-10-20(2)12-13-11-18-19-16(13)14-8-7-9-15(21-3)17(14)22-4;1-4-5-8-20(2)11-13-10-18-19-16(13)12-6-7-15(21-3)14(17)9-12;1-4-5-8-20(3)11-13-10-18-19-16(13)15-9-14(17)7-6-12(15)2;1-3-4-7-20(2)10-12-9-18-19-15(12)11-5-6-13(16)14(17)8-11/h8-9,11-12H,5-7,10,13H2,1-4H3,(H,19,20);7-8,10-11H,4-6,9,12H2,1-3H3,(H,19,20);7-9,11H,5-6,10,12H2,1-4H3,(H,18,19);6-7,9-10H,4-5,8,11H2,1-3H3,(H,18,19);6-7,9-10H,4-5,8,11H2,1-3H3,(H,18,19);5-6,8-9H,3-4,7,10H2,1-2H3,(H,18,19). The van der Waals surface area contributed by atoms with Crippen LogP contribution in [0, 0.1) is 30.2 Å². The van der Waals surface area contributed by atoms with Gasteiger partial charge in [0.15, 0.2) is 34.7 Å². The van der Waals surface area contributed by atoms with Crippen molar-refractivity contribution in [3.05, 3.63) is 225 Å². The molecule has 0 saturated carbocycles. The van der Waals surface area contributed by atoms with Crippen molar-refractivity contribution in [1.29, 1.82) is 0 Å². The fourth-order valence-electron chi connectivity index (χ4n) is 14.6. The Morgan fingerprint density at radius 3 is 1.08 bits per heavy atom. The molecule has 684 valence electrons. The van der Waals surface area contributed by atoms with E-state index in [0.29, 0.717) is 5.56 Å². The van der Waals surface area contributed by atoms with E-state index in [4.69, 9.17) is 30.5 Å². The normalized spacial score (nSPS) is 11.2. The Hall–Kier alpha value is -10.5.